The predicted octanol–water partition coefficient (Wildman–Crippen LogP) is 7.50. The lowest BCUT2D eigenvalue weighted by Crippen LogP contribution is -2.28. The van der Waals surface area contributed by atoms with Gasteiger partial charge in [0.15, 0.2) is 5.82 Å². The first kappa shape index (κ1) is 29.8. The minimum Gasteiger partial charge on any atom is -0.497 e. The molecule has 41 heavy (non-hydrogen) atoms. The molecule has 2 N–H and O–H groups in total. The van der Waals surface area contributed by atoms with Gasteiger partial charge >= 0.3 is 5.97 Å². The number of methoxy groups -OCH3 is 1. The number of aliphatic carboxylic acids is 1. The Balaban J connectivity index is 1.76. The summed E-state index contributed by atoms with van der Waals surface area (Å²) in [6.45, 7) is 5.18. The van der Waals surface area contributed by atoms with E-state index in [1.165, 1.54) is 5.56 Å². The number of benzene rings is 2. The maximum absolute atomic E-state index is 13.9. The van der Waals surface area contributed by atoms with Crippen LogP contribution in [0.3, 0.4) is 0 Å². The second-order valence-electron chi connectivity index (χ2n) is 9.95. The number of nitrogens with zero attached hydrogens (tertiary/aromatic N) is 2. The van der Waals surface area contributed by atoms with E-state index in [0.717, 1.165) is 33.3 Å². The van der Waals surface area contributed by atoms with E-state index in [2.05, 4.69) is 47.1 Å². The number of ether oxygens (including phenoxy) is 1. The maximum atomic E-state index is 13.9. The molecule has 4 rings (SSSR count). The number of hydrogen-bond acceptors (Lipinski definition) is 5. The van der Waals surface area contributed by atoms with Gasteiger partial charge in [0.05, 0.1) is 12.0 Å². The summed E-state index contributed by atoms with van der Waals surface area (Å²) in [6, 6.07) is 22.0. The molecule has 0 saturated heterocycles. The number of unbranched alkanes of at least 4 members (excludes halogenated alkanes) is 2. The molecule has 0 bridgehead atoms. The molecule has 1 amide bonds. The highest BCUT2D eigenvalue weighted by Gasteiger charge is 2.27. The average Bonchev–Trinajstić information content (AvgIpc) is 3.60. The van der Waals surface area contributed by atoms with E-state index in [-0.39, 0.29) is 18.2 Å². The highest BCUT2D eigenvalue weighted by atomic mass is 32.1. The van der Waals surface area contributed by atoms with Crippen LogP contribution in [0.1, 0.15) is 66.4 Å². The van der Waals surface area contributed by atoms with E-state index in [1.807, 2.05) is 55.5 Å². The monoisotopic (exact) mass is 571 g/mol. The van der Waals surface area contributed by atoms with Crippen LogP contribution in [0, 0.1) is 0 Å². The molecule has 2 aromatic heterocycles. The first-order chi connectivity index (χ1) is 19.9. The summed E-state index contributed by atoms with van der Waals surface area (Å²) in [5, 5.41) is 12.0. The fraction of sp³-hybridized carbons (Fsp3) is 0.303. The Hall–Kier alpha value is -4.17. The SMILES string of the molecule is C/C=C/c1ccc(-c2nc(-c3ccc(OC)cc3)c(C(=O)NCCCCCC(=O)O)n2CC(C)c2ccccc2)s1. The van der Waals surface area contributed by atoms with Gasteiger partial charge in [0.25, 0.3) is 5.91 Å². The molecule has 0 fully saturated rings. The zero-order valence-corrected chi connectivity index (χ0v) is 24.6. The number of carboxylic acids is 1. The molecule has 4 aromatic rings. The summed E-state index contributed by atoms with van der Waals surface area (Å²) in [5.41, 5.74) is 3.14. The number of amides is 1. The fourth-order valence-corrected chi connectivity index (χ4v) is 5.73. The van der Waals surface area contributed by atoms with Gasteiger partial charge in [-0.05, 0) is 73.7 Å². The maximum Gasteiger partial charge on any atom is 0.303 e. The highest BCUT2D eigenvalue weighted by molar-refractivity contribution is 7.16. The Labute approximate surface area is 245 Å². The number of imidazole rings is 1. The molecule has 1 atom stereocenters. The van der Waals surface area contributed by atoms with Crippen LogP contribution in [-0.2, 0) is 11.3 Å². The lowest BCUT2D eigenvalue weighted by Gasteiger charge is -2.18. The summed E-state index contributed by atoms with van der Waals surface area (Å²) < 4.78 is 7.42. The van der Waals surface area contributed by atoms with E-state index in [0.29, 0.717) is 37.3 Å². The van der Waals surface area contributed by atoms with Crippen LogP contribution < -0.4 is 10.1 Å². The molecule has 7 nitrogen and oxygen atoms in total. The number of hydrogen-bond donors (Lipinski definition) is 2. The van der Waals surface area contributed by atoms with Gasteiger partial charge in [-0.15, -0.1) is 11.3 Å². The molecule has 1 unspecified atom stereocenters. The second-order valence-corrected chi connectivity index (χ2v) is 11.1. The number of allylic oxidation sites excluding steroid dienone is 1. The first-order valence-electron chi connectivity index (χ1n) is 13.9. The number of carbonyl (C=O) groups excluding carboxylic acids is 1. The topological polar surface area (TPSA) is 93.4 Å². The van der Waals surface area contributed by atoms with Crippen LogP contribution >= 0.6 is 11.3 Å². The number of thiophene rings is 1. The van der Waals surface area contributed by atoms with Gasteiger partial charge in [-0.3, -0.25) is 9.59 Å². The lowest BCUT2D eigenvalue weighted by atomic mass is 10.0. The van der Waals surface area contributed by atoms with Crippen molar-refractivity contribution in [2.75, 3.05) is 13.7 Å². The zero-order chi connectivity index (χ0) is 29.2. The Morgan fingerprint density at radius 1 is 1.05 bits per heavy atom. The van der Waals surface area contributed by atoms with Crippen LogP contribution in [0.5, 0.6) is 5.75 Å². The first-order valence-corrected chi connectivity index (χ1v) is 14.8. The van der Waals surface area contributed by atoms with Crippen molar-refractivity contribution in [2.24, 2.45) is 0 Å². The Bertz CT molecular complexity index is 1470. The van der Waals surface area contributed by atoms with Crippen molar-refractivity contribution in [2.45, 2.75) is 52.0 Å². The summed E-state index contributed by atoms with van der Waals surface area (Å²) in [7, 11) is 1.63. The van der Waals surface area contributed by atoms with Gasteiger partial charge < -0.3 is 19.7 Å². The standard InChI is InChI=1S/C33H37N3O4S/c1-4-11-27-19-20-28(41-27)32-35-30(25-15-17-26(40-3)18-16-25)31(33(39)34-21-10-6-9-14-29(37)38)36(32)22-23(2)24-12-7-5-8-13-24/h4-5,7-8,11-13,15-20,23H,6,9-10,14,21-22H2,1-3H3,(H,34,39)(H,37,38)/b11-4+. The average molecular weight is 572 g/mol. The fourth-order valence-electron chi connectivity index (χ4n) is 4.75. The summed E-state index contributed by atoms with van der Waals surface area (Å²) >= 11 is 1.64. The van der Waals surface area contributed by atoms with Crippen molar-refractivity contribution in [1.29, 1.82) is 0 Å². The highest BCUT2D eigenvalue weighted by Crippen LogP contribution is 2.35. The molecule has 0 aliphatic heterocycles. The van der Waals surface area contributed by atoms with Crippen molar-refractivity contribution < 1.29 is 19.4 Å². The van der Waals surface area contributed by atoms with Crippen molar-refractivity contribution in [3.05, 3.63) is 88.9 Å². The predicted molar refractivity (Wildman–Crippen MR) is 166 cm³/mol. The zero-order valence-electron chi connectivity index (χ0n) is 23.8. The number of carbonyl (C=O) groups is 2. The molecular weight excluding hydrogens is 534 g/mol. The second kappa shape index (κ2) is 14.5. The summed E-state index contributed by atoms with van der Waals surface area (Å²) in [5.74, 6) is 0.621. The van der Waals surface area contributed by atoms with Crippen LogP contribution in [0.4, 0.5) is 0 Å². The third-order valence-electron chi connectivity index (χ3n) is 6.90. The number of rotatable bonds is 14. The van der Waals surface area contributed by atoms with Crippen molar-refractivity contribution >= 4 is 29.3 Å². The smallest absolute Gasteiger partial charge is 0.303 e. The van der Waals surface area contributed by atoms with E-state index >= 15 is 0 Å². The number of carboxylic acid groups (broad SMARTS) is 1. The van der Waals surface area contributed by atoms with E-state index < -0.39 is 5.97 Å². The lowest BCUT2D eigenvalue weighted by molar-refractivity contribution is -0.137. The van der Waals surface area contributed by atoms with Gasteiger partial charge in [-0.1, -0.05) is 49.8 Å². The van der Waals surface area contributed by atoms with E-state index in [9.17, 15) is 9.59 Å². The molecule has 0 saturated carbocycles. The Morgan fingerprint density at radius 3 is 2.49 bits per heavy atom. The minimum absolute atomic E-state index is 0.130. The van der Waals surface area contributed by atoms with Crippen LogP contribution in [0.15, 0.2) is 72.8 Å². The molecule has 8 heteroatoms. The van der Waals surface area contributed by atoms with Crippen LogP contribution in [-0.4, -0.2) is 40.2 Å². The van der Waals surface area contributed by atoms with Crippen molar-refractivity contribution in [1.82, 2.24) is 14.9 Å². The molecule has 0 spiro atoms. The number of aromatic nitrogens is 2. The normalized spacial score (nSPS) is 12.0. The van der Waals surface area contributed by atoms with Gasteiger partial charge in [0, 0.05) is 30.0 Å². The van der Waals surface area contributed by atoms with Gasteiger partial charge in [0.1, 0.15) is 17.1 Å². The van der Waals surface area contributed by atoms with E-state index in [4.69, 9.17) is 14.8 Å². The summed E-state index contributed by atoms with van der Waals surface area (Å²) in [4.78, 5) is 31.9. The van der Waals surface area contributed by atoms with Gasteiger partial charge in [-0.25, -0.2) is 4.98 Å². The summed E-state index contributed by atoms with van der Waals surface area (Å²) in [6.07, 6.45) is 6.24. The Kier molecular flexibility index (Phi) is 10.5. The largest absolute Gasteiger partial charge is 0.497 e. The molecule has 0 aliphatic carbocycles. The van der Waals surface area contributed by atoms with Gasteiger partial charge in [-0.2, -0.15) is 0 Å². The van der Waals surface area contributed by atoms with Crippen LogP contribution in [0.2, 0.25) is 0 Å². The molecule has 2 aromatic carbocycles. The van der Waals surface area contributed by atoms with E-state index in [1.54, 1.807) is 18.4 Å². The molecule has 0 radical (unpaired) electrons. The molecule has 2 heterocycles. The quantitative estimate of drug-likeness (QED) is 0.153. The molecule has 214 valence electrons. The number of nitrogens with one attached hydrogen (secondary N) is 1. The third-order valence-corrected chi connectivity index (χ3v) is 7.95. The Morgan fingerprint density at radius 2 is 1.80 bits per heavy atom. The minimum atomic E-state index is -0.798. The molecular formula is C33H37N3O4S. The van der Waals surface area contributed by atoms with Crippen molar-refractivity contribution in [3.63, 3.8) is 0 Å². The van der Waals surface area contributed by atoms with Crippen molar-refractivity contribution in [3.8, 4) is 27.7 Å². The van der Waals surface area contributed by atoms with Gasteiger partial charge in [0.2, 0.25) is 0 Å². The molecule has 0 aliphatic rings. The van der Waals surface area contributed by atoms with Crippen LogP contribution in [0.25, 0.3) is 28.0 Å². The third kappa shape index (κ3) is 7.73.